The first-order valence-electron chi connectivity index (χ1n) is 9.22. The zero-order valence-corrected chi connectivity index (χ0v) is 19.6. The van der Waals surface area contributed by atoms with Gasteiger partial charge in [-0.05, 0) is 65.0 Å². The van der Waals surface area contributed by atoms with Crippen molar-refractivity contribution in [3.8, 4) is 11.5 Å². The fourth-order valence-corrected chi connectivity index (χ4v) is 3.95. The SMILES string of the molecule is CCOc1cc(CNC(CCSC)C(=O)O)cc(Br)c1OCc1ccccc1Cl. The Hall–Kier alpha value is -1.41. The van der Waals surface area contributed by atoms with E-state index >= 15 is 0 Å². The number of halogens is 2. The predicted molar refractivity (Wildman–Crippen MR) is 122 cm³/mol. The molecule has 0 aliphatic carbocycles. The first-order valence-corrected chi connectivity index (χ1v) is 11.8. The van der Waals surface area contributed by atoms with Gasteiger partial charge in [0.1, 0.15) is 12.6 Å². The molecule has 2 aromatic rings. The number of hydrogen-bond donors (Lipinski definition) is 2. The lowest BCUT2D eigenvalue weighted by atomic mass is 10.1. The van der Waals surface area contributed by atoms with E-state index in [-0.39, 0.29) is 0 Å². The molecule has 1 atom stereocenters. The average molecular weight is 503 g/mol. The number of rotatable bonds is 12. The normalized spacial score (nSPS) is 11.9. The molecule has 0 saturated carbocycles. The zero-order chi connectivity index (χ0) is 21.2. The Bertz CT molecular complexity index is 821. The van der Waals surface area contributed by atoms with Crippen LogP contribution in [0.4, 0.5) is 0 Å². The number of hydrogen-bond acceptors (Lipinski definition) is 5. The highest BCUT2D eigenvalue weighted by molar-refractivity contribution is 9.10. The van der Waals surface area contributed by atoms with Gasteiger partial charge in [0.25, 0.3) is 0 Å². The highest BCUT2D eigenvalue weighted by atomic mass is 79.9. The van der Waals surface area contributed by atoms with Crippen molar-refractivity contribution >= 4 is 45.3 Å². The summed E-state index contributed by atoms with van der Waals surface area (Å²) in [4.78, 5) is 11.4. The minimum absolute atomic E-state index is 0.311. The molecular weight excluding hydrogens is 478 g/mol. The fraction of sp³-hybridized carbons (Fsp3) is 0.381. The molecule has 8 heteroatoms. The van der Waals surface area contributed by atoms with Crippen LogP contribution in [0.1, 0.15) is 24.5 Å². The van der Waals surface area contributed by atoms with Gasteiger partial charge in [-0.15, -0.1) is 0 Å². The highest BCUT2D eigenvalue weighted by Crippen LogP contribution is 2.38. The van der Waals surface area contributed by atoms with E-state index in [4.69, 9.17) is 21.1 Å². The first-order chi connectivity index (χ1) is 14.0. The topological polar surface area (TPSA) is 67.8 Å². The van der Waals surface area contributed by atoms with Crippen LogP contribution < -0.4 is 14.8 Å². The van der Waals surface area contributed by atoms with Gasteiger partial charge in [0, 0.05) is 17.1 Å². The number of carbonyl (C=O) groups is 1. The monoisotopic (exact) mass is 501 g/mol. The van der Waals surface area contributed by atoms with E-state index in [2.05, 4.69) is 21.2 Å². The van der Waals surface area contributed by atoms with Crippen molar-refractivity contribution in [2.75, 3.05) is 18.6 Å². The summed E-state index contributed by atoms with van der Waals surface area (Å²) in [7, 11) is 0. The molecule has 5 nitrogen and oxygen atoms in total. The molecule has 0 aliphatic rings. The molecule has 0 bridgehead atoms. The predicted octanol–water partition coefficient (Wildman–Crippen LogP) is 5.38. The van der Waals surface area contributed by atoms with Gasteiger partial charge < -0.3 is 19.9 Å². The second kappa shape index (κ2) is 12.3. The van der Waals surface area contributed by atoms with Crippen molar-refractivity contribution in [1.29, 1.82) is 0 Å². The summed E-state index contributed by atoms with van der Waals surface area (Å²) in [6, 6.07) is 10.7. The summed E-state index contributed by atoms with van der Waals surface area (Å²) in [6.45, 7) is 3.11. The lowest BCUT2D eigenvalue weighted by Crippen LogP contribution is -2.36. The van der Waals surface area contributed by atoms with Crippen LogP contribution in [-0.4, -0.2) is 35.7 Å². The standard InChI is InChI=1S/C21H25BrClNO4S/c1-3-27-19-11-14(12-24-18(21(25)26)8-9-29-2)10-16(22)20(19)28-13-15-6-4-5-7-17(15)23/h4-7,10-11,18,24H,3,8-9,12-13H2,1-2H3,(H,25,26). The van der Waals surface area contributed by atoms with Crippen molar-refractivity contribution in [2.45, 2.75) is 32.5 Å². The van der Waals surface area contributed by atoms with E-state index < -0.39 is 12.0 Å². The number of thioether (sulfide) groups is 1. The van der Waals surface area contributed by atoms with Crippen LogP contribution in [0.5, 0.6) is 11.5 Å². The minimum atomic E-state index is -0.845. The van der Waals surface area contributed by atoms with E-state index in [1.54, 1.807) is 11.8 Å². The quantitative estimate of drug-likeness (QED) is 0.406. The maximum Gasteiger partial charge on any atom is 0.320 e. The summed E-state index contributed by atoms with van der Waals surface area (Å²) in [5.74, 6) is 1.13. The molecule has 158 valence electrons. The van der Waals surface area contributed by atoms with Gasteiger partial charge in [-0.3, -0.25) is 4.79 Å². The summed E-state index contributed by atoms with van der Waals surface area (Å²) < 4.78 is 12.5. The van der Waals surface area contributed by atoms with Crippen LogP contribution in [0.15, 0.2) is 40.9 Å². The molecule has 0 radical (unpaired) electrons. The molecule has 0 aromatic heterocycles. The van der Waals surface area contributed by atoms with Crippen LogP contribution >= 0.6 is 39.3 Å². The van der Waals surface area contributed by atoms with E-state index in [1.807, 2.05) is 49.6 Å². The second-order valence-electron chi connectivity index (χ2n) is 6.27. The number of aliphatic carboxylic acids is 1. The molecule has 0 saturated heterocycles. The van der Waals surface area contributed by atoms with E-state index in [9.17, 15) is 9.90 Å². The molecule has 0 heterocycles. The van der Waals surface area contributed by atoms with Crippen molar-refractivity contribution in [2.24, 2.45) is 0 Å². The van der Waals surface area contributed by atoms with Crippen molar-refractivity contribution in [3.05, 3.63) is 57.0 Å². The Kier molecular flexibility index (Phi) is 10.1. The lowest BCUT2D eigenvalue weighted by Gasteiger charge is -2.18. The Morgan fingerprint density at radius 2 is 2.07 bits per heavy atom. The van der Waals surface area contributed by atoms with Gasteiger partial charge in [0.2, 0.25) is 0 Å². The average Bonchev–Trinajstić information content (AvgIpc) is 2.68. The molecule has 2 aromatic carbocycles. The molecule has 29 heavy (non-hydrogen) atoms. The van der Waals surface area contributed by atoms with Gasteiger partial charge in [0.05, 0.1) is 11.1 Å². The van der Waals surface area contributed by atoms with Crippen molar-refractivity contribution in [3.63, 3.8) is 0 Å². The minimum Gasteiger partial charge on any atom is -0.490 e. The molecule has 0 spiro atoms. The van der Waals surface area contributed by atoms with Gasteiger partial charge in [-0.1, -0.05) is 29.8 Å². The summed E-state index contributed by atoms with van der Waals surface area (Å²) in [6.07, 6.45) is 2.53. The lowest BCUT2D eigenvalue weighted by molar-refractivity contribution is -0.139. The van der Waals surface area contributed by atoms with E-state index in [1.165, 1.54) is 0 Å². The molecule has 0 amide bonds. The summed E-state index contributed by atoms with van der Waals surface area (Å²) in [5.41, 5.74) is 1.79. The molecule has 1 unspecified atom stereocenters. The van der Waals surface area contributed by atoms with Crippen LogP contribution in [-0.2, 0) is 17.9 Å². The Morgan fingerprint density at radius 3 is 2.72 bits per heavy atom. The van der Waals surface area contributed by atoms with E-state index in [0.717, 1.165) is 21.4 Å². The Morgan fingerprint density at radius 1 is 1.31 bits per heavy atom. The summed E-state index contributed by atoms with van der Waals surface area (Å²) >= 11 is 11.4. The molecule has 0 aliphatic heterocycles. The number of nitrogens with one attached hydrogen (secondary N) is 1. The highest BCUT2D eigenvalue weighted by Gasteiger charge is 2.18. The number of benzene rings is 2. The first kappa shape index (κ1) is 23.9. The molecule has 2 N–H and O–H groups in total. The van der Waals surface area contributed by atoms with Gasteiger partial charge in [-0.2, -0.15) is 11.8 Å². The van der Waals surface area contributed by atoms with Crippen LogP contribution in [0.3, 0.4) is 0 Å². The maximum atomic E-state index is 11.4. The van der Waals surface area contributed by atoms with Gasteiger partial charge in [-0.25, -0.2) is 0 Å². The summed E-state index contributed by atoms with van der Waals surface area (Å²) in [5, 5.41) is 13.1. The molecule has 0 fully saturated rings. The maximum absolute atomic E-state index is 11.4. The Balaban J connectivity index is 2.14. The van der Waals surface area contributed by atoms with Crippen molar-refractivity contribution in [1.82, 2.24) is 5.32 Å². The van der Waals surface area contributed by atoms with Crippen molar-refractivity contribution < 1.29 is 19.4 Å². The fourth-order valence-electron chi connectivity index (χ4n) is 2.68. The van der Waals surface area contributed by atoms with Crippen LogP contribution in [0.2, 0.25) is 5.02 Å². The third-order valence-electron chi connectivity index (χ3n) is 4.16. The largest absolute Gasteiger partial charge is 0.490 e. The number of ether oxygens (including phenoxy) is 2. The van der Waals surface area contributed by atoms with Gasteiger partial charge >= 0.3 is 5.97 Å². The number of carboxylic acid groups (broad SMARTS) is 1. The second-order valence-corrected chi connectivity index (χ2v) is 8.52. The van der Waals surface area contributed by atoms with Crippen LogP contribution in [0.25, 0.3) is 0 Å². The smallest absolute Gasteiger partial charge is 0.320 e. The Labute approximate surface area is 189 Å². The zero-order valence-electron chi connectivity index (χ0n) is 16.4. The van der Waals surface area contributed by atoms with Crippen LogP contribution in [0, 0.1) is 0 Å². The third-order valence-corrected chi connectivity index (χ3v) is 5.76. The third kappa shape index (κ3) is 7.41. The van der Waals surface area contributed by atoms with E-state index in [0.29, 0.717) is 42.7 Å². The molecule has 2 rings (SSSR count). The number of carboxylic acids is 1. The van der Waals surface area contributed by atoms with Gasteiger partial charge in [0.15, 0.2) is 11.5 Å². The molecular formula is C21H25BrClNO4S.